The SMILES string of the molecule is O=C(CSc1cc(=[N+]2CCCC2)ss1)c1ccccc1. The van der Waals surface area contributed by atoms with Crippen molar-refractivity contribution < 1.29 is 4.79 Å². The van der Waals surface area contributed by atoms with E-state index in [1.165, 1.54) is 34.8 Å². The summed E-state index contributed by atoms with van der Waals surface area (Å²) in [6.45, 7) is 2.36. The van der Waals surface area contributed by atoms with Gasteiger partial charge in [0.15, 0.2) is 5.78 Å². The molecular weight excluding hydrogens is 306 g/mol. The van der Waals surface area contributed by atoms with Gasteiger partial charge in [-0.3, -0.25) is 4.79 Å². The van der Waals surface area contributed by atoms with Crippen LogP contribution in [-0.4, -0.2) is 24.6 Å². The number of ketones is 1. The minimum absolute atomic E-state index is 0.205. The summed E-state index contributed by atoms with van der Waals surface area (Å²) >= 11 is 1.66. The van der Waals surface area contributed by atoms with E-state index in [1.807, 2.05) is 40.7 Å². The second-order valence-electron chi connectivity index (χ2n) is 4.74. The first-order valence-electron chi connectivity index (χ1n) is 6.72. The van der Waals surface area contributed by atoms with E-state index < -0.39 is 0 Å². The van der Waals surface area contributed by atoms with E-state index in [1.54, 1.807) is 22.1 Å². The van der Waals surface area contributed by atoms with Gasteiger partial charge >= 0.3 is 0 Å². The van der Waals surface area contributed by atoms with E-state index in [2.05, 4.69) is 10.6 Å². The predicted octanol–water partition coefficient (Wildman–Crippen LogP) is 3.35. The fourth-order valence-electron chi connectivity index (χ4n) is 2.22. The molecule has 0 radical (unpaired) electrons. The highest BCUT2D eigenvalue weighted by atomic mass is 32.9. The van der Waals surface area contributed by atoms with Crippen molar-refractivity contribution in [3.63, 3.8) is 0 Å². The van der Waals surface area contributed by atoms with E-state index in [9.17, 15) is 4.79 Å². The highest BCUT2D eigenvalue weighted by Crippen LogP contribution is 2.25. The van der Waals surface area contributed by atoms with E-state index in [0.717, 1.165) is 5.56 Å². The zero-order chi connectivity index (χ0) is 13.8. The molecule has 0 atom stereocenters. The largest absolute Gasteiger partial charge is 0.293 e. The predicted molar refractivity (Wildman–Crippen MR) is 87.9 cm³/mol. The molecule has 1 aromatic heterocycles. The van der Waals surface area contributed by atoms with Gasteiger partial charge in [0.25, 0.3) is 4.67 Å². The van der Waals surface area contributed by atoms with Crippen molar-refractivity contribution >= 4 is 38.2 Å². The van der Waals surface area contributed by atoms with Gasteiger partial charge in [-0.2, -0.15) is 0 Å². The van der Waals surface area contributed by atoms with Crippen LogP contribution in [0, 0.1) is 0 Å². The van der Waals surface area contributed by atoms with Crippen molar-refractivity contribution in [2.75, 3.05) is 18.8 Å². The van der Waals surface area contributed by atoms with Crippen molar-refractivity contribution in [1.29, 1.82) is 0 Å². The number of carbonyl (C=O) groups excluding carboxylic acids is 1. The summed E-state index contributed by atoms with van der Waals surface area (Å²) in [5.41, 5.74) is 0.806. The highest BCUT2D eigenvalue weighted by molar-refractivity contribution is 8.03. The van der Waals surface area contributed by atoms with Gasteiger partial charge in [0, 0.05) is 24.5 Å². The molecule has 1 aliphatic rings. The van der Waals surface area contributed by atoms with Gasteiger partial charge in [0.1, 0.15) is 13.1 Å². The molecule has 0 unspecified atom stereocenters. The first kappa shape index (κ1) is 14.0. The van der Waals surface area contributed by atoms with Gasteiger partial charge < -0.3 is 0 Å². The maximum Gasteiger partial charge on any atom is 0.268 e. The van der Waals surface area contributed by atoms with Crippen LogP contribution in [0.25, 0.3) is 0 Å². The third-order valence-corrected chi connectivity index (χ3v) is 7.25. The van der Waals surface area contributed by atoms with E-state index in [4.69, 9.17) is 0 Å². The lowest BCUT2D eigenvalue weighted by molar-refractivity contribution is 0.102. The summed E-state index contributed by atoms with van der Waals surface area (Å²) in [5, 5.41) is 0. The van der Waals surface area contributed by atoms with E-state index in [-0.39, 0.29) is 5.78 Å². The Balaban J connectivity index is 1.65. The van der Waals surface area contributed by atoms with E-state index >= 15 is 0 Å². The van der Waals surface area contributed by atoms with Crippen molar-refractivity contribution in [3.8, 4) is 0 Å². The first-order valence-corrected chi connectivity index (χ1v) is 9.85. The number of hydrogen-bond acceptors (Lipinski definition) is 4. The number of thioether (sulfide) groups is 1. The van der Waals surface area contributed by atoms with Crippen LogP contribution in [-0.2, 0) is 0 Å². The Morgan fingerprint density at radius 2 is 1.90 bits per heavy atom. The molecule has 0 bridgehead atoms. The first-order chi connectivity index (χ1) is 9.83. The highest BCUT2D eigenvalue weighted by Gasteiger charge is 2.15. The summed E-state index contributed by atoms with van der Waals surface area (Å²) < 4.78 is 5.06. The molecule has 104 valence electrons. The standard InChI is InChI=1S/C15H16NOS3/c17-13(12-6-2-1-3-7-12)11-18-15-10-14(19-20-15)16-8-4-5-9-16/h1-3,6-7,10H,4-5,8-9,11H2/q+1. The number of nitrogens with zero attached hydrogens (tertiary/aromatic N) is 1. The normalized spacial score (nSPS) is 14.7. The fraction of sp³-hybridized carbons (Fsp3) is 0.333. The quantitative estimate of drug-likeness (QED) is 0.372. The zero-order valence-electron chi connectivity index (χ0n) is 11.1. The summed E-state index contributed by atoms with van der Waals surface area (Å²) in [5.74, 6) is 0.730. The molecule has 2 aromatic rings. The number of rotatable bonds is 4. The Kier molecular flexibility index (Phi) is 4.70. The van der Waals surface area contributed by atoms with Gasteiger partial charge in [-0.25, -0.2) is 4.58 Å². The second-order valence-corrected chi connectivity index (χ2v) is 8.21. The van der Waals surface area contributed by atoms with Crippen molar-refractivity contribution in [1.82, 2.24) is 4.58 Å². The molecule has 0 aliphatic carbocycles. The Morgan fingerprint density at radius 1 is 1.15 bits per heavy atom. The van der Waals surface area contributed by atoms with Crippen molar-refractivity contribution in [2.24, 2.45) is 0 Å². The topological polar surface area (TPSA) is 20.1 Å². The monoisotopic (exact) mass is 322 g/mol. The average molecular weight is 322 g/mol. The minimum atomic E-state index is 0.205. The summed E-state index contributed by atoms with van der Waals surface area (Å²) in [7, 11) is 3.61. The van der Waals surface area contributed by atoms with Crippen LogP contribution in [0.5, 0.6) is 0 Å². The molecule has 1 saturated heterocycles. The molecule has 1 fully saturated rings. The molecule has 1 aliphatic heterocycles. The second kappa shape index (κ2) is 6.70. The Morgan fingerprint density at radius 3 is 2.65 bits per heavy atom. The smallest absolute Gasteiger partial charge is 0.268 e. The lowest BCUT2D eigenvalue weighted by atomic mass is 10.2. The van der Waals surface area contributed by atoms with Crippen LogP contribution < -0.4 is 9.25 Å². The van der Waals surface area contributed by atoms with Crippen molar-refractivity contribution in [3.05, 3.63) is 46.6 Å². The van der Waals surface area contributed by atoms with Gasteiger partial charge in [0.2, 0.25) is 0 Å². The molecule has 20 heavy (non-hydrogen) atoms. The third kappa shape index (κ3) is 3.40. The Labute approximate surface area is 130 Å². The van der Waals surface area contributed by atoms with Crippen LogP contribution in [0.2, 0.25) is 0 Å². The summed E-state index contributed by atoms with van der Waals surface area (Å²) in [6.07, 6.45) is 2.61. The van der Waals surface area contributed by atoms with Gasteiger partial charge in [-0.1, -0.05) is 40.7 Å². The van der Waals surface area contributed by atoms with Gasteiger partial charge in [-0.05, 0) is 10.3 Å². The maximum absolute atomic E-state index is 12.1. The molecular formula is C15H16NOS3+. The fourth-order valence-corrected chi connectivity index (χ4v) is 6.01. The molecule has 5 heteroatoms. The van der Waals surface area contributed by atoms with Crippen LogP contribution >= 0.6 is 32.4 Å². The third-order valence-electron chi connectivity index (χ3n) is 3.31. The molecule has 2 heterocycles. The lowest BCUT2D eigenvalue weighted by Crippen LogP contribution is -2.23. The minimum Gasteiger partial charge on any atom is -0.293 e. The Hall–Kier alpha value is -0.910. The Bertz CT molecular complexity index is 649. The molecule has 0 N–H and O–H groups in total. The lowest BCUT2D eigenvalue weighted by Gasteiger charge is -1.98. The summed E-state index contributed by atoms with van der Waals surface area (Å²) in [6, 6.07) is 11.8. The zero-order valence-corrected chi connectivity index (χ0v) is 13.5. The average Bonchev–Trinajstić information content (AvgIpc) is 3.16. The molecule has 3 rings (SSSR count). The van der Waals surface area contributed by atoms with Crippen LogP contribution in [0.15, 0.2) is 40.6 Å². The molecule has 1 aromatic carbocycles. The van der Waals surface area contributed by atoms with Gasteiger partial charge in [-0.15, -0.1) is 11.8 Å². The molecule has 2 nitrogen and oxygen atoms in total. The molecule has 0 spiro atoms. The summed E-state index contributed by atoms with van der Waals surface area (Å²) in [4.78, 5) is 12.1. The number of hydrogen-bond donors (Lipinski definition) is 0. The van der Waals surface area contributed by atoms with Crippen LogP contribution in [0.3, 0.4) is 0 Å². The van der Waals surface area contributed by atoms with E-state index in [0.29, 0.717) is 5.75 Å². The van der Waals surface area contributed by atoms with Crippen LogP contribution in [0.4, 0.5) is 0 Å². The van der Waals surface area contributed by atoms with Crippen LogP contribution in [0.1, 0.15) is 23.2 Å². The van der Waals surface area contributed by atoms with Crippen molar-refractivity contribution in [2.45, 2.75) is 17.1 Å². The molecule has 0 amide bonds. The van der Waals surface area contributed by atoms with Gasteiger partial charge in [0.05, 0.1) is 9.96 Å². The molecule has 0 saturated carbocycles. The number of carbonyl (C=O) groups is 1. The number of benzene rings is 1. The number of Topliss-reactive ketones (excluding diaryl/α,β-unsaturated/α-hetero) is 1. The maximum atomic E-state index is 12.1.